The van der Waals surface area contributed by atoms with Crippen LogP contribution in [0.15, 0.2) is 4.99 Å². The lowest BCUT2D eigenvalue weighted by Crippen LogP contribution is -2.38. The van der Waals surface area contributed by atoms with E-state index in [0.29, 0.717) is 0 Å². The van der Waals surface area contributed by atoms with Crippen molar-refractivity contribution in [1.29, 1.82) is 0 Å². The molecule has 0 bridgehead atoms. The molecule has 1 fully saturated rings. The van der Waals surface area contributed by atoms with Crippen molar-refractivity contribution in [3.63, 3.8) is 0 Å². The third-order valence-electron chi connectivity index (χ3n) is 2.66. The summed E-state index contributed by atoms with van der Waals surface area (Å²) in [6.07, 6.45) is 5.46. The molecule has 1 saturated carbocycles. The predicted molar refractivity (Wildman–Crippen MR) is 52.8 cm³/mol. The molecule has 0 aromatic heterocycles. The molecule has 3 heteroatoms. The number of hydrogen-bond donors (Lipinski definition) is 1. The quantitative estimate of drug-likeness (QED) is 0.676. The lowest BCUT2D eigenvalue weighted by molar-refractivity contribution is 0.0741. The molecule has 68 valence electrons. The number of thioether (sulfide) groups is 1. The minimum atomic E-state index is -0.528. The SMILES string of the molecule is OC1(C2=NCCS2)CCCCC1. The zero-order valence-corrected chi connectivity index (χ0v) is 8.07. The molecule has 12 heavy (non-hydrogen) atoms. The van der Waals surface area contributed by atoms with Gasteiger partial charge in [0.1, 0.15) is 5.60 Å². The van der Waals surface area contributed by atoms with Crippen LogP contribution in [0, 0.1) is 0 Å². The molecule has 0 radical (unpaired) electrons. The molecule has 1 heterocycles. The van der Waals surface area contributed by atoms with Crippen LogP contribution in [0.4, 0.5) is 0 Å². The lowest BCUT2D eigenvalue weighted by Gasteiger charge is -2.31. The van der Waals surface area contributed by atoms with Gasteiger partial charge in [0, 0.05) is 12.3 Å². The Morgan fingerprint density at radius 3 is 2.58 bits per heavy atom. The highest BCUT2D eigenvalue weighted by molar-refractivity contribution is 8.14. The van der Waals surface area contributed by atoms with Crippen LogP contribution in [0.5, 0.6) is 0 Å². The first-order valence-corrected chi connectivity index (χ1v) is 5.70. The first-order chi connectivity index (χ1) is 5.81. The third-order valence-corrected chi connectivity index (χ3v) is 3.83. The molecule has 1 N–H and O–H groups in total. The van der Waals surface area contributed by atoms with Crippen LogP contribution in [0.2, 0.25) is 0 Å². The summed E-state index contributed by atoms with van der Waals surface area (Å²) in [5.74, 6) is 1.07. The number of nitrogens with zero attached hydrogens (tertiary/aromatic N) is 1. The molecule has 0 amide bonds. The molecule has 1 aliphatic carbocycles. The second kappa shape index (κ2) is 3.38. The van der Waals surface area contributed by atoms with Crippen LogP contribution in [-0.4, -0.2) is 28.0 Å². The Kier molecular flexibility index (Phi) is 2.42. The Morgan fingerprint density at radius 2 is 2.00 bits per heavy atom. The Labute approximate surface area is 77.5 Å². The number of hydrogen-bond acceptors (Lipinski definition) is 3. The van der Waals surface area contributed by atoms with Crippen LogP contribution in [-0.2, 0) is 0 Å². The highest BCUT2D eigenvalue weighted by Crippen LogP contribution is 2.34. The maximum atomic E-state index is 10.2. The van der Waals surface area contributed by atoms with Crippen molar-refractivity contribution in [3.8, 4) is 0 Å². The molecule has 2 nitrogen and oxygen atoms in total. The first kappa shape index (κ1) is 8.57. The molecule has 0 spiro atoms. The Bertz CT molecular complexity index is 197. The van der Waals surface area contributed by atoms with Gasteiger partial charge in [0.2, 0.25) is 0 Å². The largest absolute Gasteiger partial charge is 0.383 e. The summed E-state index contributed by atoms with van der Waals surface area (Å²) in [7, 11) is 0. The zero-order chi connectivity index (χ0) is 8.44. The molecule has 1 aliphatic heterocycles. The van der Waals surface area contributed by atoms with Crippen LogP contribution < -0.4 is 0 Å². The fraction of sp³-hybridized carbons (Fsp3) is 0.889. The van der Waals surface area contributed by atoms with Gasteiger partial charge < -0.3 is 5.11 Å². The van der Waals surface area contributed by atoms with E-state index in [1.165, 1.54) is 6.42 Å². The van der Waals surface area contributed by atoms with Gasteiger partial charge in [0.05, 0.1) is 5.04 Å². The maximum Gasteiger partial charge on any atom is 0.112 e. The van der Waals surface area contributed by atoms with Crippen LogP contribution >= 0.6 is 11.8 Å². The van der Waals surface area contributed by atoms with Crippen molar-refractivity contribution < 1.29 is 5.11 Å². The molecular weight excluding hydrogens is 170 g/mol. The molecule has 0 saturated heterocycles. The van der Waals surface area contributed by atoms with Gasteiger partial charge in [-0.25, -0.2) is 0 Å². The van der Waals surface area contributed by atoms with E-state index >= 15 is 0 Å². The van der Waals surface area contributed by atoms with E-state index in [-0.39, 0.29) is 0 Å². The average Bonchev–Trinajstić information content (AvgIpc) is 2.58. The maximum absolute atomic E-state index is 10.2. The van der Waals surface area contributed by atoms with E-state index in [2.05, 4.69) is 4.99 Å². The van der Waals surface area contributed by atoms with Gasteiger partial charge >= 0.3 is 0 Å². The number of aliphatic hydroxyl groups is 1. The Morgan fingerprint density at radius 1 is 1.25 bits per heavy atom. The second-order valence-electron chi connectivity index (χ2n) is 3.63. The van der Waals surface area contributed by atoms with Gasteiger partial charge in [-0.1, -0.05) is 19.3 Å². The van der Waals surface area contributed by atoms with Crippen molar-refractivity contribution in [1.82, 2.24) is 0 Å². The van der Waals surface area contributed by atoms with E-state index in [1.54, 1.807) is 11.8 Å². The van der Waals surface area contributed by atoms with Crippen LogP contribution in [0.25, 0.3) is 0 Å². The Balaban J connectivity index is 2.07. The van der Waals surface area contributed by atoms with Crippen molar-refractivity contribution in [2.24, 2.45) is 4.99 Å². The zero-order valence-electron chi connectivity index (χ0n) is 7.25. The van der Waals surface area contributed by atoms with E-state index in [1.807, 2.05) is 0 Å². The summed E-state index contributed by atoms with van der Waals surface area (Å²) in [4.78, 5) is 4.36. The summed E-state index contributed by atoms with van der Waals surface area (Å²) in [5.41, 5.74) is -0.528. The van der Waals surface area contributed by atoms with Crippen molar-refractivity contribution in [2.45, 2.75) is 37.7 Å². The minimum Gasteiger partial charge on any atom is -0.383 e. The highest BCUT2D eigenvalue weighted by atomic mass is 32.2. The summed E-state index contributed by atoms with van der Waals surface area (Å²) in [5, 5.41) is 11.2. The predicted octanol–water partition coefficient (Wildman–Crippen LogP) is 1.83. The van der Waals surface area contributed by atoms with Crippen LogP contribution in [0.3, 0.4) is 0 Å². The number of rotatable bonds is 1. The summed E-state index contributed by atoms with van der Waals surface area (Å²) >= 11 is 1.75. The monoisotopic (exact) mass is 185 g/mol. The summed E-state index contributed by atoms with van der Waals surface area (Å²) in [6.45, 7) is 0.905. The van der Waals surface area contributed by atoms with Gasteiger partial charge in [-0.15, -0.1) is 11.8 Å². The molecule has 0 unspecified atom stereocenters. The smallest absolute Gasteiger partial charge is 0.112 e. The molecule has 0 aromatic carbocycles. The normalized spacial score (nSPS) is 28.6. The standard InChI is InChI=1S/C9H15NOS/c11-9(4-2-1-3-5-9)8-10-6-7-12-8/h11H,1-7H2. The van der Waals surface area contributed by atoms with E-state index in [9.17, 15) is 5.11 Å². The highest BCUT2D eigenvalue weighted by Gasteiger charge is 2.36. The van der Waals surface area contributed by atoms with Crippen molar-refractivity contribution in [2.75, 3.05) is 12.3 Å². The average molecular weight is 185 g/mol. The minimum absolute atomic E-state index is 0.528. The molecule has 0 atom stereocenters. The Hall–Kier alpha value is -0.0200. The molecule has 2 aliphatic rings. The van der Waals surface area contributed by atoms with Gasteiger partial charge in [0.25, 0.3) is 0 Å². The van der Waals surface area contributed by atoms with Crippen LogP contribution in [0.1, 0.15) is 32.1 Å². The van der Waals surface area contributed by atoms with Gasteiger partial charge in [-0.3, -0.25) is 4.99 Å². The fourth-order valence-electron chi connectivity index (χ4n) is 1.97. The molecule has 2 rings (SSSR count). The van der Waals surface area contributed by atoms with E-state index < -0.39 is 5.60 Å². The van der Waals surface area contributed by atoms with Gasteiger partial charge in [-0.05, 0) is 12.8 Å². The topological polar surface area (TPSA) is 32.6 Å². The summed E-state index contributed by atoms with van der Waals surface area (Å²) in [6, 6.07) is 0. The fourth-order valence-corrected chi connectivity index (χ4v) is 3.00. The lowest BCUT2D eigenvalue weighted by atomic mass is 9.86. The summed E-state index contributed by atoms with van der Waals surface area (Å²) < 4.78 is 0. The first-order valence-electron chi connectivity index (χ1n) is 4.71. The van der Waals surface area contributed by atoms with Crippen molar-refractivity contribution >= 4 is 16.8 Å². The van der Waals surface area contributed by atoms with Gasteiger partial charge in [0.15, 0.2) is 0 Å². The third kappa shape index (κ3) is 1.52. The van der Waals surface area contributed by atoms with E-state index in [4.69, 9.17) is 0 Å². The second-order valence-corrected chi connectivity index (χ2v) is 4.71. The molecule has 0 aromatic rings. The van der Waals surface area contributed by atoms with Gasteiger partial charge in [-0.2, -0.15) is 0 Å². The van der Waals surface area contributed by atoms with Crippen molar-refractivity contribution in [3.05, 3.63) is 0 Å². The molecular formula is C9H15NOS. The number of aliphatic imine (C=N–C) groups is 1. The van der Waals surface area contributed by atoms with E-state index in [0.717, 1.165) is 43.0 Å².